The zero-order valence-electron chi connectivity index (χ0n) is 15.3. The number of halogens is 2. The van der Waals surface area contributed by atoms with Gasteiger partial charge in [-0.2, -0.15) is 0 Å². The fourth-order valence-corrected chi connectivity index (χ4v) is 3.25. The predicted molar refractivity (Wildman–Crippen MR) is 100 cm³/mol. The Labute approximate surface area is 162 Å². The minimum Gasteiger partial charge on any atom is -0.468 e. The number of morpholine rings is 1. The summed E-state index contributed by atoms with van der Waals surface area (Å²) >= 11 is 5.86. The van der Waals surface area contributed by atoms with Crippen LogP contribution in [0.3, 0.4) is 0 Å². The number of likely N-dealkylation sites (N-methyl/N-ethyl adjacent to an activating group) is 1. The van der Waals surface area contributed by atoms with Crippen molar-refractivity contribution in [2.75, 3.05) is 40.3 Å². The molecule has 0 bridgehead atoms. The number of urea groups is 1. The summed E-state index contributed by atoms with van der Waals surface area (Å²) < 4.78 is 24.6. The number of carbonyl (C=O) groups excluding carboxylic acids is 1. The fourth-order valence-electron chi connectivity index (χ4n) is 3.06. The van der Waals surface area contributed by atoms with Crippen molar-refractivity contribution in [3.05, 3.63) is 58.8 Å². The van der Waals surface area contributed by atoms with Crippen molar-refractivity contribution >= 4 is 17.6 Å². The van der Waals surface area contributed by atoms with Gasteiger partial charge in [-0.05, 0) is 43.9 Å². The quantitative estimate of drug-likeness (QED) is 0.842. The number of amides is 2. The smallest absolute Gasteiger partial charge is 0.317 e. The Bertz CT molecular complexity index is 770. The van der Waals surface area contributed by atoms with Crippen molar-refractivity contribution < 1.29 is 18.3 Å². The molecule has 2 unspecified atom stereocenters. The summed E-state index contributed by atoms with van der Waals surface area (Å²) in [5.41, 5.74) is 0.751. The zero-order chi connectivity index (χ0) is 19.4. The highest BCUT2D eigenvalue weighted by Crippen LogP contribution is 2.26. The molecule has 27 heavy (non-hydrogen) atoms. The van der Waals surface area contributed by atoms with E-state index in [1.807, 2.05) is 31.1 Å². The second-order valence-corrected chi connectivity index (χ2v) is 7.07. The Balaban J connectivity index is 1.60. The van der Waals surface area contributed by atoms with Gasteiger partial charge in [0.05, 0.1) is 30.5 Å². The summed E-state index contributed by atoms with van der Waals surface area (Å²) in [6.07, 6.45) is 1.28. The van der Waals surface area contributed by atoms with E-state index in [1.165, 1.54) is 6.07 Å². The highest BCUT2D eigenvalue weighted by Gasteiger charge is 2.27. The third-order valence-electron chi connectivity index (χ3n) is 4.61. The van der Waals surface area contributed by atoms with Crippen LogP contribution in [0.2, 0.25) is 5.02 Å². The number of nitrogens with one attached hydrogen (secondary N) is 1. The average Bonchev–Trinajstić information content (AvgIpc) is 3.18. The number of ether oxygens (including phenoxy) is 1. The Morgan fingerprint density at radius 1 is 1.44 bits per heavy atom. The van der Waals surface area contributed by atoms with Crippen LogP contribution < -0.4 is 5.32 Å². The van der Waals surface area contributed by atoms with Gasteiger partial charge in [-0.1, -0.05) is 17.7 Å². The standard InChI is InChI=1S/C19H23ClFN3O3/c1-23(2)16(17-4-3-8-26-17)11-22-19(25)24-7-9-27-18(12-24)13-5-6-15(21)14(20)10-13/h3-6,8,10,16,18H,7,9,11-12H2,1-2H3,(H,22,25). The first-order valence-electron chi connectivity index (χ1n) is 8.75. The molecular weight excluding hydrogens is 373 g/mol. The Morgan fingerprint density at radius 2 is 2.26 bits per heavy atom. The van der Waals surface area contributed by atoms with Crippen LogP contribution in [0.5, 0.6) is 0 Å². The van der Waals surface area contributed by atoms with Crippen molar-refractivity contribution in [3.8, 4) is 0 Å². The normalized spacial score (nSPS) is 18.6. The van der Waals surface area contributed by atoms with Gasteiger partial charge in [0.25, 0.3) is 0 Å². The number of carbonyl (C=O) groups is 1. The molecule has 2 amide bonds. The molecule has 6 nitrogen and oxygen atoms in total. The second-order valence-electron chi connectivity index (χ2n) is 6.66. The van der Waals surface area contributed by atoms with Crippen LogP contribution in [-0.2, 0) is 4.74 Å². The molecule has 1 aromatic heterocycles. The van der Waals surface area contributed by atoms with Crippen molar-refractivity contribution in [2.45, 2.75) is 12.1 Å². The largest absolute Gasteiger partial charge is 0.468 e. The Morgan fingerprint density at radius 3 is 2.93 bits per heavy atom. The van der Waals surface area contributed by atoms with Crippen LogP contribution in [-0.4, -0.2) is 56.2 Å². The Hall–Kier alpha value is -2.09. The number of hydrogen-bond donors (Lipinski definition) is 1. The number of nitrogens with zero attached hydrogens (tertiary/aromatic N) is 2. The summed E-state index contributed by atoms with van der Waals surface area (Å²) in [6.45, 7) is 1.69. The van der Waals surface area contributed by atoms with E-state index in [4.69, 9.17) is 20.8 Å². The summed E-state index contributed by atoms with van der Waals surface area (Å²) in [7, 11) is 3.87. The van der Waals surface area contributed by atoms with Gasteiger partial charge in [-0.3, -0.25) is 4.90 Å². The molecule has 0 aliphatic carbocycles. The lowest BCUT2D eigenvalue weighted by Crippen LogP contribution is -2.48. The molecule has 1 aliphatic rings. The summed E-state index contributed by atoms with van der Waals surface area (Å²) in [5.74, 6) is 0.319. The van der Waals surface area contributed by atoms with E-state index in [-0.39, 0.29) is 23.2 Å². The summed E-state index contributed by atoms with van der Waals surface area (Å²) in [6, 6.07) is 7.97. The van der Waals surface area contributed by atoms with E-state index in [9.17, 15) is 9.18 Å². The number of rotatable bonds is 5. The van der Waals surface area contributed by atoms with Crippen molar-refractivity contribution in [3.63, 3.8) is 0 Å². The highest BCUT2D eigenvalue weighted by atomic mass is 35.5. The first-order chi connectivity index (χ1) is 13.0. The topological polar surface area (TPSA) is 58.0 Å². The monoisotopic (exact) mass is 395 g/mol. The van der Waals surface area contributed by atoms with E-state index in [0.29, 0.717) is 26.2 Å². The number of benzene rings is 1. The van der Waals surface area contributed by atoms with Crippen molar-refractivity contribution in [1.29, 1.82) is 0 Å². The lowest BCUT2D eigenvalue weighted by Gasteiger charge is -2.34. The van der Waals surface area contributed by atoms with Crippen molar-refractivity contribution in [1.82, 2.24) is 15.1 Å². The van der Waals surface area contributed by atoms with Crippen LogP contribution in [0.4, 0.5) is 9.18 Å². The molecule has 146 valence electrons. The molecular formula is C19H23ClFN3O3. The molecule has 3 rings (SSSR count). The molecule has 1 saturated heterocycles. The van der Waals surface area contributed by atoms with Gasteiger partial charge in [0.1, 0.15) is 17.7 Å². The Kier molecular flexibility index (Phi) is 6.36. The lowest BCUT2D eigenvalue weighted by molar-refractivity contribution is -0.0156. The minimum atomic E-state index is -0.474. The lowest BCUT2D eigenvalue weighted by atomic mass is 10.1. The van der Waals surface area contributed by atoms with Gasteiger partial charge in [-0.15, -0.1) is 0 Å². The summed E-state index contributed by atoms with van der Waals surface area (Å²) in [5, 5.41) is 3.00. The van der Waals surface area contributed by atoms with Crippen LogP contribution >= 0.6 is 11.6 Å². The second kappa shape index (κ2) is 8.73. The zero-order valence-corrected chi connectivity index (χ0v) is 16.1. The van der Waals surface area contributed by atoms with Crippen LogP contribution in [0.25, 0.3) is 0 Å². The number of hydrogen-bond acceptors (Lipinski definition) is 4. The molecule has 1 aromatic carbocycles. The maximum absolute atomic E-state index is 13.4. The predicted octanol–water partition coefficient (Wildman–Crippen LogP) is 3.46. The minimum absolute atomic E-state index is 0.0462. The van der Waals surface area contributed by atoms with Crippen LogP contribution in [0, 0.1) is 5.82 Å². The van der Waals surface area contributed by atoms with Gasteiger partial charge in [0.2, 0.25) is 0 Å². The summed E-state index contributed by atoms with van der Waals surface area (Å²) in [4.78, 5) is 16.3. The van der Waals surface area contributed by atoms with E-state index in [2.05, 4.69) is 5.32 Å². The van der Waals surface area contributed by atoms with Gasteiger partial charge < -0.3 is 19.4 Å². The third kappa shape index (κ3) is 4.80. The highest BCUT2D eigenvalue weighted by molar-refractivity contribution is 6.30. The molecule has 0 saturated carbocycles. The molecule has 1 aliphatic heterocycles. The third-order valence-corrected chi connectivity index (χ3v) is 4.90. The first-order valence-corrected chi connectivity index (χ1v) is 9.12. The molecule has 1 fully saturated rings. The molecule has 2 aromatic rings. The SMILES string of the molecule is CN(C)C(CNC(=O)N1CCOC(c2ccc(F)c(Cl)c2)C1)c1ccco1. The molecule has 8 heteroatoms. The molecule has 0 radical (unpaired) electrons. The van der Waals surface area contributed by atoms with Crippen molar-refractivity contribution in [2.24, 2.45) is 0 Å². The molecule has 2 heterocycles. The fraction of sp³-hybridized carbons (Fsp3) is 0.421. The van der Waals surface area contributed by atoms with Gasteiger partial charge in [0.15, 0.2) is 0 Å². The maximum atomic E-state index is 13.4. The molecule has 1 N–H and O–H groups in total. The first kappa shape index (κ1) is 19.7. The van der Waals surface area contributed by atoms with E-state index < -0.39 is 5.82 Å². The van der Waals surface area contributed by atoms with Crippen LogP contribution in [0.1, 0.15) is 23.5 Å². The number of furan rings is 1. The van der Waals surface area contributed by atoms with Gasteiger partial charge >= 0.3 is 6.03 Å². The van der Waals surface area contributed by atoms with Gasteiger partial charge in [-0.25, -0.2) is 9.18 Å². The van der Waals surface area contributed by atoms with E-state index >= 15 is 0 Å². The molecule has 2 atom stereocenters. The van der Waals surface area contributed by atoms with E-state index in [0.717, 1.165) is 11.3 Å². The van der Waals surface area contributed by atoms with Gasteiger partial charge in [0, 0.05) is 13.1 Å². The average molecular weight is 396 g/mol. The van der Waals surface area contributed by atoms with E-state index in [1.54, 1.807) is 23.3 Å². The van der Waals surface area contributed by atoms with Crippen LogP contribution in [0.15, 0.2) is 41.0 Å². The maximum Gasteiger partial charge on any atom is 0.317 e. The molecule has 0 spiro atoms.